The van der Waals surface area contributed by atoms with Gasteiger partial charge >= 0.3 is 0 Å². The van der Waals surface area contributed by atoms with E-state index in [0.717, 1.165) is 17.8 Å². The molecule has 1 aromatic rings. The molecule has 0 aliphatic heterocycles. The molecule has 1 N–H and O–H groups in total. The lowest BCUT2D eigenvalue weighted by Crippen LogP contribution is -2.38. The van der Waals surface area contributed by atoms with Gasteiger partial charge in [0.05, 0.1) is 6.42 Å². The number of rotatable bonds is 6. The first-order chi connectivity index (χ1) is 8.74. The van der Waals surface area contributed by atoms with Crippen LogP contribution in [0.15, 0.2) is 16.3 Å². The molecule has 0 aliphatic rings. The molecule has 1 heterocycles. The van der Waals surface area contributed by atoms with E-state index in [1.807, 2.05) is 6.92 Å². The summed E-state index contributed by atoms with van der Waals surface area (Å²) in [6, 6.07) is 3.19. The fourth-order valence-electron chi connectivity index (χ4n) is 1.74. The minimum atomic E-state index is -3.70. The molecule has 1 aromatic heterocycles. The summed E-state index contributed by atoms with van der Waals surface area (Å²) in [5, 5.41) is 2.95. The van der Waals surface area contributed by atoms with Gasteiger partial charge in [0, 0.05) is 21.6 Å². The van der Waals surface area contributed by atoms with E-state index in [4.69, 9.17) is 10.7 Å². The predicted molar refractivity (Wildman–Crippen MR) is 78.1 cm³/mol. The molecule has 0 radical (unpaired) electrons. The molecule has 1 atom stereocenters. The highest BCUT2D eigenvalue weighted by Gasteiger charge is 2.17. The molecule has 7 heteroatoms. The topological polar surface area (TPSA) is 63.2 Å². The summed E-state index contributed by atoms with van der Waals surface area (Å²) < 4.78 is 22.3. The van der Waals surface area contributed by atoms with Crippen molar-refractivity contribution in [2.75, 3.05) is 0 Å². The van der Waals surface area contributed by atoms with Crippen LogP contribution in [-0.4, -0.2) is 20.4 Å². The van der Waals surface area contributed by atoms with Crippen LogP contribution in [0.3, 0.4) is 0 Å². The minimum absolute atomic E-state index is 0.0767. The second-order valence-electron chi connectivity index (χ2n) is 4.66. The van der Waals surface area contributed by atoms with Crippen molar-refractivity contribution in [3.8, 4) is 0 Å². The van der Waals surface area contributed by atoms with Crippen LogP contribution in [0.4, 0.5) is 0 Å². The Labute approximate surface area is 122 Å². The van der Waals surface area contributed by atoms with Gasteiger partial charge in [-0.2, -0.15) is 0 Å². The molecule has 0 aliphatic carbocycles. The average molecular weight is 324 g/mol. The monoisotopic (exact) mass is 323 g/mol. The molecule has 19 heavy (non-hydrogen) atoms. The highest BCUT2D eigenvalue weighted by Crippen LogP contribution is 2.25. The molecule has 1 unspecified atom stereocenters. The second-order valence-corrected chi connectivity index (χ2v) is 8.62. The Bertz CT molecular complexity index is 537. The standard InChI is InChI=1S/C12H18ClNO3S2/c1-4-10(8(2)3)14-11(15)7-9-5-6-12(18-9)19(13,16)17/h5-6,8,10H,4,7H2,1-3H3,(H,14,15). The van der Waals surface area contributed by atoms with E-state index in [2.05, 4.69) is 19.2 Å². The second kappa shape index (κ2) is 6.72. The summed E-state index contributed by atoms with van der Waals surface area (Å²) in [4.78, 5) is 12.5. The largest absolute Gasteiger partial charge is 0.353 e. The minimum Gasteiger partial charge on any atom is -0.353 e. The first kappa shape index (κ1) is 16.5. The zero-order chi connectivity index (χ0) is 14.6. The summed E-state index contributed by atoms with van der Waals surface area (Å²) in [6.07, 6.45) is 1.05. The van der Waals surface area contributed by atoms with Crippen LogP contribution < -0.4 is 5.32 Å². The maximum atomic E-state index is 11.9. The van der Waals surface area contributed by atoms with Crippen LogP contribution >= 0.6 is 22.0 Å². The third kappa shape index (κ3) is 5.12. The van der Waals surface area contributed by atoms with Gasteiger partial charge < -0.3 is 5.32 Å². The fourth-order valence-corrected chi connectivity index (χ4v) is 3.86. The van der Waals surface area contributed by atoms with Gasteiger partial charge in [-0.05, 0) is 24.5 Å². The Hall–Kier alpha value is -0.590. The average Bonchev–Trinajstić information content (AvgIpc) is 2.73. The van der Waals surface area contributed by atoms with E-state index < -0.39 is 9.05 Å². The number of halogens is 1. The molecule has 0 bridgehead atoms. The lowest BCUT2D eigenvalue weighted by Gasteiger charge is -2.20. The van der Waals surface area contributed by atoms with E-state index in [1.54, 1.807) is 6.07 Å². The van der Waals surface area contributed by atoms with Gasteiger partial charge in [0.2, 0.25) is 5.91 Å². The van der Waals surface area contributed by atoms with Crippen LogP contribution in [-0.2, 0) is 20.3 Å². The molecule has 0 spiro atoms. The van der Waals surface area contributed by atoms with E-state index in [1.165, 1.54) is 6.07 Å². The SMILES string of the molecule is CCC(NC(=O)Cc1ccc(S(=O)(=O)Cl)s1)C(C)C. The highest BCUT2D eigenvalue weighted by molar-refractivity contribution is 8.15. The number of carbonyl (C=O) groups is 1. The van der Waals surface area contributed by atoms with Crippen LogP contribution in [0.1, 0.15) is 32.1 Å². The lowest BCUT2D eigenvalue weighted by molar-refractivity contribution is -0.121. The maximum Gasteiger partial charge on any atom is 0.270 e. The Morgan fingerprint density at radius 3 is 2.47 bits per heavy atom. The van der Waals surface area contributed by atoms with Gasteiger partial charge in [0.25, 0.3) is 9.05 Å². The van der Waals surface area contributed by atoms with Crippen LogP contribution in [0.25, 0.3) is 0 Å². The molecule has 0 aromatic carbocycles. The summed E-state index contributed by atoms with van der Waals surface area (Å²) >= 11 is 1.03. The molecular weight excluding hydrogens is 306 g/mol. The molecule has 0 saturated carbocycles. The lowest BCUT2D eigenvalue weighted by atomic mass is 10.0. The number of amides is 1. The van der Waals surface area contributed by atoms with Crippen molar-refractivity contribution in [2.24, 2.45) is 5.92 Å². The third-order valence-electron chi connectivity index (χ3n) is 2.80. The van der Waals surface area contributed by atoms with Crippen molar-refractivity contribution in [3.05, 3.63) is 17.0 Å². The third-order valence-corrected chi connectivity index (χ3v) is 5.98. The Morgan fingerprint density at radius 1 is 1.42 bits per heavy atom. The van der Waals surface area contributed by atoms with Crippen molar-refractivity contribution in [2.45, 2.75) is 43.9 Å². The summed E-state index contributed by atoms with van der Waals surface area (Å²) in [6.45, 7) is 6.13. The number of thiophene rings is 1. The zero-order valence-corrected chi connectivity index (χ0v) is 13.5. The van der Waals surface area contributed by atoms with Gasteiger partial charge in [-0.3, -0.25) is 4.79 Å². The van der Waals surface area contributed by atoms with E-state index in [0.29, 0.717) is 10.8 Å². The van der Waals surface area contributed by atoms with E-state index in [-0.39, 0.29) is 22.6 Å². The van der Waals surface area contributed by atoms with Gasteiger partial charge in [0.15, 0.2) is 0 Å². The van der Waals surface area contributed by atoms with Crippen molar-refractivity contribution >= 4 is 37.0 Å². The molecule has 108 valence electrons. The first-order valence-electron chi connectivity index (χ1n) is 6.06. The maximum absolute atomic E-state index is 11.9. The van der Waals surface area contributed by atoms with Crippen molar-refractivity contribution in [1.82, 2.24) is 5.32 Å². The van der Waals surface area contributed by atoms with Gasteiger partial charge in [-0.25, -0.2) is 8.42 Å². The molecule has 1 rings (SSSR count). The number of nitrogens with one attached hydrogen (secondary N) is 1. The molecule has 4 nitrogen and oxygen atoms in total. The number of hydrogen-bond donors (Lipinski definition) is 1. The van der Waals surface area contributed by atoms with E-state index >= 15 is 0 Å². The highest BCUT2D eigenvalue weighted by atomic mass is 35.7. The summed E-state index contributed by atoms with van der Waals surface area (Å²) in [5.74, 6) is 0.275. The Morgan fingerprint density at radius 2 is 2.05 bits per heavy atom. The Kier molecular flexibility index (Phi) is 5.82. The molecule has 0 saturated heterocycles. The first-order valence-corrected chi connectivity index (χ1v) is 9.19. The van der Waals surface area contributed by atoms with Crippen LogP contribution in [0.2, 0.25) is 0 Å². The fraction of sp³-hybridized carbons (Fsp3) is 0.583. The van der Waals surface area contributed by atoms with Gasteiger partial charge in [-0.1, -0.05) is 20.8 Å². The van der Waals surface area contributed by atoms with Crippen molar-refractivity contribution < 1.29 is 13.2 Å². The quantitative estimate of drug-likeness (QED) is 0.819. The normalized spacial score (nSPS) is 13.5. The van der Waals surface area contributed by atoms with Crippen molar-refractivity contribution in [3.63, 3.8) is 0 Å². The van der Waals surface area contributed by atoms with Crippen molar-refractivity contribution in [1.29, 1.82) is 0 Å². The Balaban J connectivity index is 2.65. The van der Waals surface area contributed by atoms with E-state index in [9.17, 15) is 13.2 Å². The smallest absolute Gasteiger partial charge is 0.270 e. The molecule has 1 amide bonds. The van der Waals surface area contributed by atoms with Crippen LogP contribution in [0.5, 0.6) is 0 Å². The van der Waals surface area contributed by atoms with Crippen LogP contribution in [0, 0.1) is 5.92 Å². The zero-order valence-electron chi connectivity index (χ0n) is 11.1. The summed E-state index contributed by atoms with van der Waals surface area (Å²) in [5.41, 5.74) is 0. The number of carbonyl (C=O) groups excluding carboxylic acids is 1. The molecular formula is C12H18ClNO3S2. The summed E-state index contributed by atoms with van der Waals surface area (Å²) in [7, 11) is 1.54. The number of hydrogen-bond acceptors (Lipinski definition) is 4. The van der Waals surface area contributed by atoms with Gasteiger partial charge in [-0.15, -0.1) is 11.3 Å². The van der Waals surface area contributed by atoms with Gasteiger partial charge in [0.1, 0.15) is 4.21 Å². The predicted octanol–water partition coefficient (Wildman–Crippen LogP) is 2.77. The molecule has 0 fully saturated rings.